The van der Waals surface area contributed by atoms with Crippen LogP contribution in [-0.4, -0.2) is 28.1 Å². The zero-order valence-electron chi connectivity index (χ0n) is 12.0. The highest BCUT2D eigenvalue weighted by Crippen LogP contribution is 2.17. The van der Waals surface area contributed by atoms with Crippen LogP contribution in [-0.2, 0) is 4.79 Å². The van der Waals surface area contributed by atoms with E-state index in [1.165, 1.54) is 11.3 Å². The lowest BCUT2D eigenvalue weighted by molar-refractivity contribution is -0.137. The number of carbonyl (C=O) groups excluding carboxylic acids is 1. The number of hydrogen-bond acceptors (Lipinski definition) is 4. The molecule has 6 nitrogen and oxygen atoms in total. The van der Waals surface area contributed by atoms with Gasteiger partial charge < -0.3 is 15.7 Å². The minimum atomic E-state index is -0.811. The summed E-state index contributed by atoms with van der Waals surface area (Å²) in [5.41, 5.74) is 0.945. The number of carbonyl (C=O) groups is 2. The number of hydrogen-bond donors (Lipinski definition) is 3. The molecule has 1 rings (SSSR count). The molecule has 0 saturated carbocycles. The van der Waals surface area contributed by atoms with E-state index in [9.17, 15) is 9.59 Å². The summed E-state index contributed by atoms with van der Waals surface area (Å²) in [5, 5.41) is 17.0. The van der Waals surface area contributed by atoms with Gasteiger partial charge in [0, 0.05) is 23.5 Å². The SMILES string of the molecule is Cc1csc(C(C)NC(=O)NC(C)CCCC(=O)O)n1. The summed E-state index contributed by atoms with van der Waals surface area (Å²) in [7, 11) is 0. The van der Waals surface area contributed by atoms with Crippen molar-refractivity contribution < 1.29 is 14.7 Å². The van der Waals surface area contributed by atoms with Gasteiger partial charge in [0.1, 0.15) is 5.01 Å². The Bertz CT molecular complexity index is 461. The maximum absolute atomic E-state index is 11.8. The summed E-state index contributed by atoms with van der Waals surface area (Å²) in [6, 6.07) is -0.451. The molecule has 2 atom stereocenters. The van der Waals surface area contributed by atoms with E-state index < -0.39 is 5.97 Å². The molecule has 1 aromatic heterocycles. The first-order valence-corrected chi connectivity index (χ1v) is 7.47. The monoisotopic (exact) mass is 299 g/mol. The molecule has 0 aromatic carbocycles. The second-order valence-electron chi connectivity index (χ2n) is 4.85. The fourth-order valence-electron chi connectivity index (χ4n) is 1.73. The van der Waals surface area contributed by atoms with Crippen LogP contribution < -0.4 is 10.6 Å². The van der Waals surface area contributed by atoms with Crippen LogP contribution in [0, 0.1) is 6.92 Å². The smallest absolute Gasteiger partial charge is 0.315 e. The maximum Gasteiger partial charge on any atom is 0.315 e. The molecule has 0 bridgehead atoms. The fraction of sp³-hybridized carbons (Fsp3) is 0.615. The summed E-state index contributed by atoms with van der Waals surface area (Å²) in [6.45, 7) is 5.66. The number of nitrogens with one attached hydrogen (secondary N) is 2. The molecule has 0 saturated heterocycles. The van der Waals surface area contributed by atoms with Crippen molar-refractivity contribution in [2.45, 2.75) is 52.1 Å². The van der Waals surface area contributed by atoms with Gasteiger partial charge in [-0.05, 0) is 33.6 Å². The highest BCUT2D eigenvalue weighted by molar-refractivity contribution is 7.09. The summed E-state index contributed by atoms with van der Waals surface area (Å²) in [5.74, 6) is -0.811. The van der Waals surface area contributed by atoms with Crippen LogP contribution in [0.1, 0.15) is 49.9 Å². The van der Waals surface area contributed by atoms with Gasteiger partial charge in [-0.3, -0.25) is 4.79 Å². The maximum atomic E-state index is 11.8. The predicted molar refractivity (Wildman–Crippen MR) is 77.9 cm³/mol. The van der Waals surface area contributed by atoms with E-state index in [1.54, 1.807) is 0 Å². The molecule has 2 amide bonds. The molecular formula is C13H21N3O3S. The Balaban J connectivity index is 2.30. The largest absolute Gasteiger partial charge is 0.481 e. The van der Waals surface area contributed by atoms with E-state index in [4.69, 9.17) is 5.11 Å². The average molecular weight is 299 g/mol. The number of carboxylic acid groups (broad SMARTS) is 1. The Hall–Kier alpha value is -1.63. The molecule has 1 aromatic rings. The van der Waals surface area contributed by atoms with Crippen molar-refractivity contribution in [2.24, 2.45) is 0 Å². The number of carboxylic acids is 1. The van der Waals surface area contributed by atoms with Crippen molar-refractivity contribution >= 4 is 23.3 Å². The van der Waals surface area contributed by atoms with E-state index in [2.05, 4.69) is 15.6 Å². The Morgan fingerprint density at radius 2 is 2.10 bits per heavy atom. The van der Waals surface area contributed by atoms with Gasteiger partial charge in [-0.25, -0.2) is 9.78 Å². The van der Waals surface area contributed by atoms with Crippen LogP contribution in [0.4, 0.5) is 4.79 Å². The fourth-order valence-corrected chi connectivity index (χ4v) is 2.53. The Morgan fingerprint density at radius 1 is 1.40 bits per heavy atom. The molecule has 20 heavy (non-hydrogen) atoms. The van der Waals surface area contributed by atoms with E-state index in [0.717, 1.165) is 10.7 Å². The van der Waals surface area contributed by atoms with E-state index in [-0.39, 0.29) is 24.5 Å². The number of thiazole rings is 1. The van der Waals surface area contributed by atoms with Crippen LogP contribution in [0.25, 0.3) is 0 Å². The van der Waals surface area contributed by atoms with Crippen LogP contribution in [0.3, 0.4) is 0 Å². The molecule has 0 radical (unpaired) electrons. The van der Waals surface area contributed by atoms with Gasteiger partial charge in [-0.2, -0.15) is 0 Å². The van der Waals surface area contributed by atoms with Gasteiger partial charge in [-0.15, -0.1) is 11.3 Å². The zero-order chi connectivity index (χ0) is 15.1. The zero-order valence-corrected chi connectivity index (χ0v) is 12.8. The summed E-state index contributed by atoms with van der Waals surface area (Å²) in [6.07, 6.45) is 1.32. The third-order valence-corrected chi connectivity index (χ3v) is 3.91. The molecule has 3 N–H and O–H groups in total. The van der Waals surface area contributed by atoms with Crippen LogP contribution in [0.2, 0.25) is 0 Å². The quantitative estimate of drug-likeness (QED) is 0.721. The Kier molecular flexibility index (Phi) is 6.44. The van der Waals surface area contributed by atoms with Crippen LogP contribution in [0.5, 0.6) is 0 Å². The van der Waals surface area contributed by atoms with Gasteiger partial charge in [0.25, 0.3) is 0 Å². The summed E-state index contributed by atoms with van der Waals surface area (Å²) >= 11 is 1.52. The lowest BCUT2D eigenvalue weighted by atomic mass is 10.1. The Morgan fingerprint density at radius 3 is 2.65 bits per heavy atom. The van der Waals surface area contributed by atoms with Crippen molar-refractivity contribution in [2.75, 3.05) is 0 Å². The second-order valence-corrected chi connectivity index (χ2v) is 5.74. The van der Waals surface area contributed by atoms with Gasteiger partial charge in [0.15, 0.2) is 0 Å². The lowest BCUT2D eigenvalue weighted by Crippen LogP contribution is -2.41. The molecule has 1 heterocycles. The summed E-state index contributed by atoms with van der Waals surface area (Å²) in [4.78, 5) is 26.5. The molecule has 112 valence electrons. The molecular weight excluding hydrogens is 278 g/mol. The highest BCUT2D eigenvalue weighted by Gasteiger charge is 2.14. The Labute approximate surface area is 122 Å². The average Bonchev–Trinajstić information content (AvgIpc) is 2.75. The van der Waals surface area contributed by atoms with Gasteiger partial charge in [-0.1, -0.05) is 0 Å². The van der Waals surface area contributed by atoms with Crippen molar-refractivity contribution in [1.82, 2.24) is 15.6 Å². The molecule has 0 aliphatic carbocycles. The van der Waals surface area contributed by atoms with Crippen molar-refractivity contribution in [3.8, 4) is 0 Å². The normalized spacial score (nSPS) is 13.6. The lowest BCUT2D eigenvalue weighted by Gasteiger charge is -2.16. The van der Waals surface area contributed by atoms with Crippen LogP contribution in [0.15, 0.2) is 5.38 Å². The standard InChI is InChI=1S/C13H21N3O3S/c1-8(5-4-6-11(17)18)15-13(19)16-10(3)12-14-9(2)7-20-12/h7-8,10H,4-6H2,1-3H3,(H,17,18)(H2,15,16,19). The van der Waals surface area contributed by atoms with Crippen LogP contribution >= 0.6 is 11.3 Å². The van der Waals surface area contributed by atoms with E-state index in [1.807, 2.05) is 26.2 Å². The number of aliphatic carboxylic acids is 1. The molecule has 0 aliphatic heterocycles. The molecule has 0 spiro atoms. The number of nitrogens with zero attached hydrogens (tertiary/aromatic N) is 1. The summed E-state index contributed by atoms with van der Waals surface area (Å²) < 4.78 is 0. The van der Waals surface area contributed by atoms with E-state index in [0.29, 0.717) is 12.8 Å². The molecule has 0 fully saturated rings. The number of rotatable bonds is 7. The first-order valence-electron chi connectivity index (χ1n) is 6.59. The van der Waals surface area contributed by atoms with Crippen molar-refractivity contribution in [1.29, 1.82) is 0 Å². The minimum absolute atomic E-state index is 0.0559. The first-order chi connectivity index (χ1) is 9.38. The molecule has 0 aliphatic rings. The van der Waals surface area contributed by atoms with E-state index >= 15 is 0 Å². The second kappa shape index (κ2) is 7.84. The number of amides is 2. The van der Waals surface area contributed by atoms with Crippen molar-refractivity contribution in [3.63, 3.8) is 0 Å². The molecule has 7 heteroatoms. The number of aromatic nitrogens is 1. The number of urea groups is 1. The third-order valence-electron chi connectivity index (χ3n) is 2.76. The predicted octanol–water partition coefficient (Wildman–Crippen LogP) is 2.46. The number of aryl methyl sites for hydroxylation is 1. The highest BCUT2D eigenvalue weighted by atomic mass is 32.1. The van der Waals surface area contributed by atoms with Gasteiger partial charge in [0.2, 0.25) is 0 Å². The molecule has 2 unspecified atom stereocenters. The minimum Gasteiger partial charge on any atom is -0.481 e. The van der Waals surface area contributed by atoms with Gasteiger partial charge in [0.05, 0.1) is 6.04 Å². The first kappa shape index (κ1) is 16.4. The third kappa shape index (κ3) is 6.01. The van der Waals surface area contributed by atoms with Crippen molar-refractivity contribution in [3.05, 3.63) is 16.1 Å². The van der Waals surface area contributed by atoms with Gasteiger partial charge >= 0.3 is 12.0 Å². The topological polar surface area (TPSA) is 91.3 Å².